The number of pyridine rings is 1. The lowest BCUT2D eigenvalue weighted by molar-refractivity contribution is 0.0951. The first-order valence-corrected chi connectivity index (χ1v) is 6.21. The molecule has 0 aliphatic heterocycles. The number of benzene rings is 1. The normalized spacial score (nSPS) is 10.2. The van der Waals surface area contributed by atoms with E-state index in [1.165, 1.54) is 12.1 Å². The number of amides is 1. The van der Waals surface area contributed by atoms with Gasteiger partial charge in [0.25, 0.3) is 5.91 Å². The molecule has 2 aromatic rings. The molecular weight excluding hydrogens is 264 g/mol. The smallest absolute Gasteiger partial charge is 0.255 e. The fourth-order valence-electron chi connectivity index (χ4n) is 1.64. The summed E-state index contributed by atoms with van der Waals surface area (Å²) in [7, 11) is 0. The molecule has 98 valence electrons. The quantitative estimate of drug-likeness (QED) is 0.901. The summed E-state index contributed by atoms with van der Waals surface area (Å²) >= 11 is 5.71. The predicted molar refractivity (Wildman–Crippen MR) is 73.4 cm³/mol. The third kappa shape index (κ3) is 3.69. The van der Waals surface area contributed by atoms with Crippen LogP contribution in [0.2, 0.25) is 5.02 Å². The number of carbonyl (C=O) groups is 1. The van der Waals surface area contributed by atoms with Crippen LogP contribution in [0.25, 0.3) is 0 Å². The van der Waals surface area contributed by atoms with Gasteiger partial charge in [0.05, 0.1) is 5.56 Å². The highest BCUT2D eigenvalue weighted by molar-refractivity contribution is 6.30. The molecule has 0 saturated carbocycles. The zero-order valence-electron chi connectivity index (χ0n) is 10.1. The van der Waals surface area contributed by atoms with Gasteiger partial charge in [-0.05, 0) is 30.3 Å². The molecule has 0 saturated heterocycles. The Morgan fingerprint density at radius 1 is 1.32 bits per heavy atom. The van der Waals surface area contributed by atoms with E-state index in [1.807, 2.05) is 18.2 Å². The van der Waals surface area contributed by atoms with Crippen molar-refractivity contribution < 1.29 is 9.90 Å². The topological polar surface area (TPSA) is 62.2 Å². The number of hydrogen-bond acceptors (Lipinski definition) is 3. The Morgan fingerprint density at radius 2 is 2.16 bits per heavy atom. The van der Waals surface area contributed by atoms with E-state index in [4.69, 9.17) is 11.6 Å². The average Bonchev–Trinajstić information content (AvgIpc) is 2.39. The molecule has 1 amide bonds. The molecule has 0 spiro atoms. The molecule has 1 aromatic heterocycles. The number of rotatable bonds is 4. The summed E-state index contributed by atoms with van der Waals surface area (Å²) in [6.45, 7) is 0.456. The Morgan fingerprint density at radius 3 is 2.84 bits per heavy atom. The van der Waals surface area contributed by atoms with Gasteiger partial charge in [-0.15, -0.1) is 0 Å². The second-order valence-corrected chi connectivity index (χ2v) is 4.42. The van der Waals surface area contributed by atoms with Gasteiger partial charge in [-0.1, -0.05) is 17.7 Å². The van der Waals surface area contributed by atoms with Gasteiger partial charge in [0.15, 0.2) is 0 Å². The van der Waals surface area contributed by atoms with E-state index < -0.39 is 0 Å². The highest BCUT2D eigenvalue weighted by Crippen LogP contribution is 2.21. The van der Waals surface area contributed by atoms with Crippen LogP contribution in [0.1, 0.15) is 16.1 Å². The molecular formula is C14H13ClN2O2. The van der Waals surface area contributed by atoms with Crippen LogP contribution in [0.5, 0.6) is 5.75 Å². The van der Waals surface area contributed by atoms with Crippen LogP contribution in [-0.4, -0.2) is 22.5 Å². The fourth-order valence-corrected chi connectivity index (χ4v) is 1.81. The van der Waals surface area contributed by atoms with E-state index in [9.17, 15) is 9.90 Å². The van der Waals surface area contributed by atoms with Crippen molar-refractivity contribution in [2.24, 2.45) is 0 Å². The van der Waals surface area contributed by atoms with Gasteiger partial charge in [-0.2, -0.15) is 0 Å². The lowest BCUT2D eigenvalue weighted by Gasteiger charge is -2.06. The summed E-state index contributed by atoms with van der Waals surface area (Å²) in [5.41, 5.74) is 1.12. The minimum atomic E-state index is -0.329. The minimum Gasteiger partial charge on any atom is -0.507 e. The van der Waals surface area contributed by atoms with Crippen molar-refractivity contribution in [3.05, 3.63) is 58.9 Å². The number of phenols is 1. The molecule has 0 atom stereocenters. The van der Waals surface area contributed by atoms with Crippen molar-refractivity contribution in [2.75, 3.05) is 6.54 Å². The number of nitrogens with zero attached hydrogens (tertiary/aromatic N) is 1. The number of halogens is 1. The largest absolute Gasteiger partial charge is 0.507 e. The summed E-state index contributed by atoms with van der Waals surface area (Å²) in [6.07, 6.45) is 2.35. The Kier molecular flexibility index (Phi) is 4.36. The first-order chi connectivity index (χ1) is 9.16. The Bertz CT molecular complexity index is 573. The van der Waals surface area contributed by atoms with E-state index >= 15 is 0 Å². The molecule has 1 heterocycles. The van der Waals surface area contributed by atoms with Crippen LogP contribution in [0.4, 0.5) is 0 Å². The monoisotopic (exact) mass is 276 g/mol. The summed E-state index contributed by atoms with van der Waals surface area (Å²) in [6, 6.07) is 10.0. The van der Waals surface area contributed by atoms with Crippen LogP contribution >= 0.6 is 11.6 Å². The number of aromatic hydroxyl groups is 1. The van der Waals surface area contributed by atoms with E-state index in [-0.39, 0.29) is 17.2 Å². The third-order valence-electron chi connectivity index (χ3n) is 2.60. The number of carbonyl (C=O) groups excluding carboxylic acids is 1. The molecule has 1 aromatic carbocycles. The lowest BCUT2D eigenvalue weighted by Crippen LogP contribution is -2.25. The van der Waals surface area contributed by atoms with E-state index in [0.717, 1.165) is 5.69 Å². The molecule has 0 unspecified atom stereocenters. The summed E-state index contributed by atoms with van der Waals surface area (Å²) in [5, 5.41) is 12.7. The number of hydrogen-bond donors (Lipinski definition) is 2. The van der Waals surface area contributed by atoms with E-state index in [1.54, 1.807) is 12.3 Å². The SMILES string of the molecule is O=C(NCCc1ccccn1)c1ccc(Cl)cc1O. The van der Waals surface area contributed by atoms with Crippen LogP contribution < -0.4 is 5.32 Å². The van der Waals surface area contributed by atoms with Crippen LogP contribution in [0, 0.1) is 0 Å². The van der Waals surface area contributed by atoms with Gasteiger partial charge in [0.2, 0.25) is 0 Å². The van der Waals surface area contributed by atoms with E-state index in [2.05, 4.69) is 10.3 Å². The van der Waals surface area contributed by atoms with Crippen molar-refractivity contribution in [3.8, 4) is 5.75 Å². The first-order valence-electron chi connectivity index (χ1n) is 5.83. The maximum absolute atomic E-state index is 11.8. The molecule has 0 aliphatic rings. The van der Waals surface area contributed by atoms with Gasteiger partial charge in [0.1, 0.15) is 5.75 Å². The maximum Gasteiger partial charge on any atom is 0.255 e. The number of aromatic nitrogens is 1. The number of phenolic OH excluding ortho intramolecular Hbond substituents is 1. The molecule has 2 rings (SSSR count). The first kappa shape index (κ1) is 13.4. The zero-order valence-corrected chi connectivity index (χ0v) is 10.9. The van der Waals surface area contributed by atoms with Gasteiger partial charge >= 0.3 is 0 Å². The molecule has 0 bridgehead atoms. The van der Waals surface area contributed by atoms with Crippen molar-refractivity contribution >= 4 is 17.5 Å². The summed E-state index contributed by atoms with van der Waals surface area (Å²) in [5.74, 6) is -0.451. The van der Waals surface area contributed by atoms with Gasteiger partial charge in [0, 0.05) is 29.9 Å². The van der Waals surface area contributed by atoms with E-state index in [0.29, 0.717) is 18.0 Å². The minimum absolute atomic E-state index is 0.122. The molecule has 2 N–H and O–H groups in total. The zero-order chi connectivity index (χ0) is 13.7. The van der Waals surface area contributed by atoms with Gasteiger partial charge in [-0.25, -0.2) is 0 Å². The molecule has 4 nitrogen and oxygen atoms in total. The Balaban J connectivity index is 1.91. The Labute approximate surface area is 116 Å². The summed E-state index contributed by atoms with van der Waals surface area (Å²) < 4.78 is 0. The molecule has 19 heavy (non-hydrogen) atoms. The molecule has 0 fully saturated rings. The van der Waals surface area contributed by atoms with Crippen LogP contribution in [0.15, 0.2) is 42.6 Å². The lowest BCUT2D eigenvalue weighted by atomic mass is 10.2. The standard InChI is InChI=1S/C14H13ClN2O2/c15-10-4-5-12(13(18)9-10)14(19)17-8-6-11-3-1-2-7-16-11/h1-5,7,9,18H,6,8H2,(H,17,19). The average molecular weight is 277 g/mol. The molecule has 5 heteroatoms. The fraction of sp³-hybridized carbons (Fsp3) is 0.143. The van der Waals surface area contributed by atoms with Gasteiger partial charge < -0.3 is 10.4 Å². The van der Waals surface area contributed by atoms with Crippen molar-refractivity contribution in [3.63, 3.8) is 0 Å². The van der Waals surface area contributed by atoms with Gasteiger partial charge in [-0.3, -0.25) is 9.78 Å². The number of nitrogens with one attached hydrogen (secondary N) is 1. The highest BCUT2D eigenvalue weighted by atomic mass is 35.5. The second kappa shape index (κ2) is 6.20. The third-order valence-corrected chi connectivity index (χ3v) is 2.83. The summed E-state index contributed by atoms with van der Waals surface area (Å²) in [4.78, 5) is 16.0. The predicted octanol–water partition coefficient (Wildman–Crippen LogP) is 2.41. The Hall–Kier alpha value is -2.07. The van der Waals surface area contributed by atoms with Crippen molar-refractivity contribution in [1.82, 2.24) is 10.3 Å². The highest BCUT2D eigenvalue weighted by Gasteiger charge is 2.10. The molecule has 0 radical (unpaired) electrons. The van der Waals surface area contributed by atoms with Crippen LogP contribution in [-0.2, 0) is 6.42 Å². The molecule has 0 aliphatic carbocycles. The maximum atomic E-state index is 11.8. The van der Waals surface area contributed by atoms with Crippen molar-refractivity contribution in [1.29, 1.82) is 0 Å². The van der Waals surface area contributed by atoms with Crippen molar-refractivity contribution in [2.45, 2.75) is 6.42 Å². The van der Waals surface area contributed by atoms with Crippen LogP contribution in [0.3, 0.4) is 0 Å². The second-order valence-electron chi connectivity index (χ2n) is 3.99.